The zero-order valence-corrected chi connectivity index (χ0v) is 24.6. The molecule has 1 amide bonds. The molecule has 2 aliphatic rings. The molecule has 7 nitrogen and oxygen atoms in total. The van der Waals surface area contributed by atoms with Gasteiger partial charge in [-0.25, -0.2) is 9.48 Å². The van der Waals surface area contributed by atoms with Gasteiger partial charge in [0.05, 0.1) is 24.7 Å². The van der Waals surface area contributed by atoms with Crippen molar-refractivity contribution in [1.29, 1.82) is 0 Å². The largest absolute Gasteiger partial charge is 0.465 e. The maximum atomic E-state index is 13.6. The van der Waals surface area contributed by atoms with Gasteiger partial charge in [0.1, 0.15) is 5.56 Å². The predicted molar refractivity (Wildman–Crippen MR) is 163 cm³/mol. The number of aromatic nitrogens is 3. The lowest BCUT2D eigenvalue weighted by molar-refractivity contribution is 0.0592. The van der Waals surface area contributed by atoms with Crippen LogP contribution < -0.4 is 0 Å². The van der Waals surface area contributed by atoms with Crippen molar-refractivity contribution < 1.29 is 14.3 Å². The number of methoxy groups -OCH3 is 1. The van der Waals surface area contributed by atoms with Crippen LogP contribution in [0, 0.1) is 6.92 Å². The highest BCUT2D eigenvalue weighted by Crippen LogP contribution is 2.55. The summed E-state index contributed by atoms with van der Waals surface area (Å²) in [6.45, 7) is 5.04. The number of benzene rings is 2. The van der Waals surface area contributed by atoms with E-state index in [0.717, 1.165) is 78.0 Å². The first-order valence-electron chi connectivity index (χ1n) is 15.1. The van der Waals surface area contributed by atoms with Gasteiger partial charge in [0, 0.05) is 41.9 Å². The third-order valence-corrected chi connectivity index (χ3v) is 8.71. The van der Waals surface area contributed by atoms with E-state index in [4.69, 9.17) is 4.74 Å². The summed E-state index contributed by atoms with van der Waals surface area (Å²) in [5.74, 6) is 0.0663. The molecule has 1 aliphatic heterocycles. The highest BCUT2D eigenvalue weighted by molar-refractivity contribution is 5.96. The molecule has 2 fully saturated rings. The number of hydrogen-bond donors (Lipinski definition) is 0. The number of carbonyl (C=O) groups is 2. The lowest BCUT2D eigenvalue weighted by Crippen LogP contribution is -2.43. The predicted octanol–water partition coefficient (Wildman–Crippen LogP) is 7.10. The fraction of sp³-hybridized carbons (Fsp3) is 0.371. The Kier molecular flexibility index (Phi) is 7.92. The van der Waals surface area contributed by atoms with Gasteiger partial charge < -0.3 is 9.64 Å². The minimum Gasteiger partial charge on any atom is -0.465 e. The molecule has 216 valence electrons. The SMILES string of the molecule is CCCC1CCCCN1C(=O)c1cccc(-c2cccc(-n3ncc(C(=O)OC)c3C3CC3c3ccc(C)cn3)c2)c1. The number of amides is 1. The van der Waals surface area contributed by atoms with Crippen LogP contribution in [-0.2, 0) is 4.74 Å². The van der Waals surface area contributed by atoms with E-state index in [1.165, 1.54) is 13.5 Å². The van der Waals surface area contributed by atoms with E-state index in [1.807, 2.05) is 54.2 Å². The number of esters is 1. The number of carbonyl (C=O) groups excluding carboxylic acids is 2. The van der Waals surface area contributed by atoms with Crippen molar-refractivity contribution in [3.63, 3.8) is 0 Å². The second-order valence-corrected chi connectivity index (χ2v) is 11.6. The molecule has 6 rings (SSSR count). The molecule has 42 heavy (non-hydrogen) atoms. The van der Waals surface area contributed by atoms with E-state index in [2.05, 4.69) is 46.2 Å². The zero-order chi connectivity index (χ0) is 29.2. The van der Waals surface area contributed by atoms with Crippen LogP contribution in [0.2, 0.25) is 0 Å². The fourth-order valence-electron chi connectivity index (χ4n) is 6.43. The molecule has 0 radical (unpaired) electrons. The van der Waals surface area contributed by atoms with Crippen molar-refractivity contribution in [2.45, 2.75) is 70.3 Å². The van der Waals surface area contributed by atoms with Crippen LogP contribution in [0.3, 0.4) is 0 Å². The summed E-state index contributed by atoms with van der Waals surface area (Å²) >= 11 is 0. The Morgan fingerprint density at radius 2 is 1.79 bits per heavy atom. The molecule has 0 N–H and O–H groups in total. The normalized spacial score (nSPS) is 19.9. The summed E-state index contributed by atoms with van der Waals surface area (Å²) in [7, 11) is 1.40. The molecule has 1 aliphatic carbocycles. The number of aryl methyl sites for hydroxylation is 1. The minimum atomic E-state index is -0.389. The Bertz CT molecular complexity index is 1590. The van der Waals surface area contributed by atoms with E-state index in [0.29, 0.717) is 11.6 Å². The molecule has 7 heteroatoms. The minimum absolute atomic E-state index is 0.113. The first kappa shape index (κ1) is 27.9. The maximum Gasteiger partial charge on any atom is 0.341 e. The average molecular weight is 563 g/mol. The fourth-order valence-corrected chi connectivity index (χ4v) is 6.43. The van der Waals surface area contributed by atoms with Crippen LogP contribution in [0.25, 0.3) is 16.8 Å². The third kappa shape index (κ3) is 5.48. The van der Waals surface area contributed by atoms with E-state index in [1.54, 1.807) is 6.20 Å². The summed E-state index contributed by atoms with van der Waals surface area (Å²) in [5.41, 5.74) is 7.02. The highest BCUT2D eigenvalue weighted by Gasteiger charge is 2.45. The number of rotatable bonds is 8. The van der Waals surface area contributed by atoms with Crippen LogP contribution in [0.4, 0.5) is 0 Å². The van der Waals surface area contributed by atoms with Crippen LogP contribution in [0.5, 0.6) is 0 Å². The van der Waals surface area contributed by atoms with Gasteiger partial charge in [-0.3, -0.25) is 9.78 Å². The van der Waals surface area contributed by atoms with Gasteiger partial charge in [-0.15, -0.1) is 0 Å². The van der Waals surface area contributed by atoms with Gasteiger partial charge in [0.25, 0.3) is 5.91 Å². The Labute approximate surface area is 247 Å². The van der Waals surface area contributed by atoms with Crippen molar-refractivity contribution in [2.24, 2.45) is 0 Å². The molecule has 3 unspecified atom stereocenters. The Balaban J connectivity index is 1.31. The molecule has 4 aromatic rings. The first-order chi connectivity index (χ1) is 20.5. The number of pyridine rings is 1. The number of ether oxygens (including phenoxy) is 1. The lowest BCUT2D eigenvalue weighted by atomic mass is 9.96. The van der Waals surface area contributed by atoms with Crippen molar-refractivity contribution >= 4 is 11.9 Å². The lowest BCUT2D eigenvalue weighted by Gasteiger charge is -2.36. The molecule has 3 atom stereocenters. The van der Waals surface area contributed by atoms with Gasteiger partial charge >= 0.3 is 5.97 Å². The average Bonchev–Trinajstić information content (AvgIpc) is 3.70. The topological polar surface area (TPSA) is 77.3 Å². The molecule has 2 aromatic carbocycles. The van der Waals surface area contributed by atoms with Gasteiger partial charge in [-0.05, 0) is 86.1 Å². The molecular formula is C35H38N4O3. The monoisotopic (exact) mass is 562 g/mol. The Morgan fingerprint density at radius 1 is 0.976 bits per heavy atom. The molecular weight excluding hydrogens is 524 g/mol. The smallest absolute Gasteiger partial charge is 0.341 e. The van der Waals surface area contributed by atoms with E-state index in [-0.39, 0.29) is 23.7 Å². The van der Waals surface area contributed by atoms with Crippen LogP contribution in [-0.4, -0.2) is 51.2 Å². The summed E-state index contributed by atoms with van der Waals surface area (Å²) < 4.78 is 6.99. The van der Waals surface area contributed by atoms with Gasteiger partial charge in [0.15, 0.2) is 0 Å². The Morgan fingerprint density at radius 3 is 2.55 bits per heavy atom. The summed E-state index contributed by atoms with van der Waals surface area (Å²) in [5, 5.41) is 4.66. The molecule has 0 bridgehead atoms. The van der Waals surface area contributed by atoms with Crippen molar-refractivity contribution in [3.8, 4) is 16.8 Å². The van der Waals surface area contributed by atoms with Gasteiger partial charge in [0.2, 0.25) is 0 Å². The number of piperidine rings is 1. The molecule has 0 spiro atoms. The second-order valence-electron chi connectivity index (χ2n) is 11.6. The molecule has 1 saturated heterocycles. The van der Waals surface area contributed by atoms with E-state index >= 15 is 0 Å². The Hall–Kier alpha value is -4.26. The highest BCUT2D eigenvalue weighted by atomic mass is 16.5. The quantitative estimate of drug-likeness (QED) is 0.214. The number of hydrogen-bond acceptors (Lipinski definition) is 5. The maximum absolute atomic E-state index is 13.6. The molecule has 3 heterocycles. The zero-order valence-electron chi connectivity index (χ0n) is 24.6. The van der Waals surface area contributed by atoms with E-state index < -0.39 is 0 Å². The summed E-state index contributed by atoms with van der Waals surface area (Å²) in [4.78, 5) is 33.1. The third-order valence-electron chi connectivity index (χ3n) is 8.71. The first-order valence-corrected chi connectivity index (χ1v) is 15.1. The molecule has 1 saturated carbocycles. The van der Waals surface area contributed by atoms with Crippen LogP contribution in [0.15, 0.2) is 73.1 Å². The van der Waals surface area contributed by atoms with Crippen molar-refractivity contribution in [2.75, 3.05) is 13.7 Å². The van der Waals surface area contributed by atoms with Crippen LogP contribution >= 0.6 is 0 Å². The van der Waals surface area contributed by atoms with Gasteiger partial charge in [-0.2, -0.15) is 5.10 Å². The van der Waals surface area contributed by atoms with Crippen molar-refractivity contribution in [3.05, 3.63) is 101 Å². The number of nitrogens with zero attached hydrogens (tertiary/aromatic N) is 4. The second kappa shape index (κ2) is 11.9. The van der Waals surface area contributed by atoms with Gasteiger partial charge in [-0.1, -0.05) is 43.7 Å². The molecule has 2 aromatic heterocycles. The number of likely N-dealkylation sites (tertiary alicyclic amines) is 1. The van der Waals surface area contributed by atoms with Crippen molar-refractivity contribution in [1.82, 2.24) is 19.7 Å². The summed E-state index contributed by atoms with van der Waals surface area (Å²) in [6.07, 6.45) is 9.87. The standard InChI is InChI=1S/C35H38N4O3/c1-4-9-27-13-5-6-17-38(27)34(40)26-12-7-10-24(18-26)25-11-8-14-28(19-25)39-33(31(22-37-39)35(41)42-3)30-20-29(30)32-16-15-23(2)21-36-32/h7-8,10-12,14-16,18-19,21-22,27,29-30H,4-6,9,13,17,20H2,1-3H3. The van der Waals surface area contributed by atoms with Crippen LogP contribution in [0.1, 0.15) is 95.0 Å². The van der Waals surface area contributed by atoms with E-state index in [9.17, 15) is 9.59 Å². The summed E-state index contributed by atoms with van der Waals surface area (Å²) in [6, 6.07) is 20.5.